The molecular formula is C15H19N3O2. The first-order valence-electron chi connectivity index (χ1n) is 6.91. The SMILES string of the molecule is CC1CN(C(=O)Nc2c[nH]c3ccccc23)CC(C)O1. The summed E-state index contributed by atoms with van der Waals surface area (Å²) in [4.78, 5) is 17.3. The number of hydrogen-bond acceptors (Lipinski definition) is 2. The lowest BCUT2D eigenvalue weighted by molar-refractivity contribution is -0.0530. The second kappa shape index (κ2) is 5.17. The Balaban J connectivity index is 1.75. The zero-order valence-electron chi connectivity index (χ0n) is 11.7. The number of rotatable bonds is 1. The molecule has 1 aliphatic rings. The van der Waals surface area contributed by atoms with Gasteiger partial charge in [0.1, 0.15) is 0 Å². The third kappa shape index (κ3) is 2.49. The maximum atomic E-state index is 12.3. The van der Waals surface area contributed by atoms with Gasteiger partial charge in [0.15, 0.2) is 0 Å². The third-order valence-electron chi connectivity index (χ3n) is 3.54. The number of para-hydroxylation sites is 1. The summed E-state index contributed by atoms with van der Waals surface area (Å²) in [5, 5.41) is 4.00. The largest absolute Gasteiger partial charge is 0.372 e. The number of carbonyl (C=O) groups is 1. The molecule has 2 atom stereocenters. The van der Waals surface area contributed by atoms with Crippen LogP contribution in [0.1, 0.15) is 13.8 Å². The molecule has 106 valence electrons. The number of H-pyrrole nitrogens is 1. The molecule has 0 radical (unpaired) electrons. The number of morpholine rings is 1. The van der Waals surface area contributed by atoms with Crippen LogP contribution in [0, 0.1) is 0 Å². The van der Waals surface area contributed by atoms with Crippen LogP contribution in [0.5, 0.6) is 0 Å². The first-order chi connectivity index (χ1) is 9.63. The molecule has 3 rings (SSSR count). The molecule has 20 heavy (non-hydrogen) atoms. The predicted octanol–water partition coefficient (Wildman–Crippen LogP) is 2.81. The number of ether oxygens (including phenoxy) is 1. The van der Waals surface area contributed by atoms with Gasteiger partial charge in [0.2, 0.25) is 0 Å². The van der Waals surface area contributed by atoms with Gasteiger partial charge in [-0.05, 0) is 19.9 Å². The number of benzene rings is 1. The second-order valence-corrected chi connectivity index (χ2v) is 5.34. The maximum absolute atomic E-state index is 12.3. The van der Waals surface area contributed by atoms with E-state index in [9.17, 15) is 4.79 Å². The lowest BCUT2D eigenvalue weighted by atomic mass is 10.2. The van der Waals surface area contributed by atoms with Gasteiger partial charge in [-0.25, -0.2) is 4.79 Å². The summed E-state index contributed by atoms with van der Waals surface area (Å²) in [7, 11) is 0. The molecule has 5 heteroatoms. The summed E-state index contributed by atoms with van der Waals surface area (Å²) in [5.74, 6) is 0. The Labute approximate surface area is 117 Å². The topological polar surface area (TPSA) is 57.4 Å². The van der Waals surface area contributed by atoms with E-state index in [2.05, 4.69) is 10.3 Å². The molecule has 1 aliphatic heterocycles. The van der Waals surface area contributed by atoms with Crippen molar-refractivity contribution in [2.75, 3.05) is 18.4 Å². The van der Waals surface area contributed by atoms with Gasteiger partial charge in [0.05, 0.1) is 17.9 Å². The Hall–Kier alpha value is -2.01. The summed E-state index contributed by atoms with van der Waals surface area (Å²) in [6, 6.07) is 7.84. The highest BCUT2D eigenvalue weighted by molar-refractivity contribution is 6.00. The Morgan fingerprint density at radius 1 is 1.30 bits per heavy atom. The fourth-order valence-electron chi connectivity index (χ4n) is 2.71. The number of hydrogen-bond donors (Lipinski definition) is 2. The van der Waals surface area contributed by atoms with Crippen molar-refractivity contribution < 1.29 is 9.53 Å². The molecular weight excluding hydrogens is 254 g/mol. The Kier molecular flexibility index (Phi) is 3.36. The van der Waals surface area contributed by atoms with Crippen LogP contribution in [0.4, 0.5) is 10.5 Å². The predicted molar refractivity (Wildman–Crippen MR) is 78.9 cm³/mol. The number of anilines is 1. The molecule has 5 nitrogen and oxygen atoms in total. The quantitative estimate of drug-likeness (QED) is 0.839. The van der Waals surface area contributed by atoms with Crippen molar-refractivity contribution in [1.29, 1.82) is 0 Å². The molecule has 2 N–H and O–H groups in total. The van der Waals surface area contributed by atoms with Crippen molar-refractivity contribution in [3.63, 3.8) is 0 Å². The Morgan fingerprint density at radius 3 is 2.75 bits per heavy atom. The maximum Gasteiger partial charge on any atom is 0.322 e. The number of urea groups is 1. The van der Waals surface area contributed by atoms with Crippen LogP contribution >= 0.6 is 0 Å². The molecule has 1 fully saturated rings. The van der Waals surface area contributed by atoms with Crippen molar-refractivity contribution in [3.05, 3.63) is 30.5 Å². The highest BCUT2D eigenvalue weighted by Crippen LogP contribution is 2.23. The van der Waals surface area contributed by atoms with Gasteiger partial charge in [-0.1, -0.05) is 18.2 Å². The molecule has 0 aliphatic carbocycles. The molecule has 1 aromatic carbocycles. The minimum absolute atomic E-state index is 0.0725. The summed E-state index contributed by atoms with van der Waals surface area (Å²) in [6.07, 6.45) is 1.98. The van der Waals surface area contributed by atoms with Crippen LogP contribution in [-0.4, -0.2) is 41.2 Å². The van der Waals surface area contributed by atoms with E-state index in [-0.39, 0.29) is 18.2 Å². The average molecular weight is 273 g/mol. The number of carbonyl (C=O) groups excluding carboxylic acids is 1. The van der Waals surface area contributed by atoms with E-state index in [0.29, 0.717) is 13.1 Å². The standard InChI is InChI=1S/C15H19N3O2/c1-10-8-18(9-11(2)20-10)15(19)17-14-7-16-13-6-4-3-5-12(13)14/h3-7,10-11,16H,8-9H2,1-2H3,(H,17,19). The highest BCUT2D eigenvalue weighted by Gasteiger charge is 2.26. The van der Waals surface area contributed by atoms with Gasteiger partial charge < -0.3 is 19.9 Å². The number of aromatic amines is 1. The number of nitrogens with one attached hydrogen (secondary N) is 2. The molecule has 2 amide bonds. The number of amides is 2. The number of aromatic nitrogens is 1. The van der Waals surface area contributed by atoms with Gasteiger partial charge in [0.25, 0.3) is 0 Å². The van der Waals surface area contributed by atoms with Crippen molar-refractivity contribution in [3.8, 4) is 0 Å². The summed E-state index contributed by atoms with van der Waals surface area (Å²) in [6.45, 7) is 5.22. The molecule has 0 spiro atoms. The first-order valence-corrected chi connectivity index (χ1v) is 6.91. The average Bonchev–Trinajstić information content (AvgIpc) is 2.81. The van der Waals surface area contributed by atoms with Gasteiger partial charge in [-0.3, -0.25) is 0 Å². The summed E-state index contributed by atoms with van der Waals surface area (Å²) >= 11 is 0. The van der Waals surface area contributed by atoms with Crippen molar-refractivity contribution >= 4 is 22.6 Å². The van der Waals surface area contributed by atoms with Crippen LogP contribution in [0.15, 0.2) is 30.5 Å². The first kappa shape index (κ1) is 13.0. The zero-order valence-corrected chi connectivity index (χ0v) is 11.7. The van der Waals surface area contributed by atoms with Crippen molar-refractivity contribution in [2.45, 2.75) is 26.1 Å². The Morgan fingerprint density at radius 2 is 2.00 bits per heavy atom. The molecule has 1 aromatic heterocycles. The van der Waals surface area contributed by atoms with E-state index >= 15 is 0 Å². The smallest absolute Gasteiger partial charge is 0.322 e. The lowest BCUT2D eigenvalue weighted by Crippen LogP contribution is -2.49. The fourth-order valence-corrected chi connectivity index (χ4v) is 2.71. The third-order valence-corrected chi connectivity index (χ3v) is 3.54. The van der Waals surface area contributed by atoms with Gasteiger partial charge in [-0.15, -0.1) is 0 Å². The molecule has 2 unspecified atom stereocenters. The fraction of sp³-hybridized carbons (Fsp3) is 0.400. The van der Waals surface area contributed by atoms with Gasteiger partial charge in [0, 0.05) is 30.2 Å². The van der Waals surface area contributed by atoms with Gasteiger partial charge >= 0.3 is 6.03 Å². The monoisotopic (exact) mass is 273 g/mol. The van der Waals surface area contributed by atoms with Crippen molar-refractivity contribution in [2.24, 2.45) is 0 Å². The normalized spacial score (nSPS) is 23.0. The molecule has 1 saturated heterocycles. The van der Waals surface area contributed by atoms with Crippen molar-refractivity contribution in [1.82, 2.24) is 9.88 Å². The number of fused-ring (bicyclic) bond motifs is 1. The van der Waals surface area contributed by atoms with Crippen LogP contribution in [0.2, 0.25) is 0 Å². The minimum Gasteiger partial charge on any atom is -0.372 e. The summed E-state index contributed by atoms with van der Waals surface area (Å²) < 4.78 is 5.64. The molecule has 2 aromatic rings. The lowest BCUT2D eigenvalue weighted by Gasteiger charge is -2.35. The zero-order chi connectivity index (χ0) is 14.1. The Bertz CT molecular complexity index is 612. The van der Waals surface area contributed by atoms with E-state index in [1.165, 1.54) is 0 Å². The van der Waals surface area contributed by atoms with E-state index in [4.69, 9.17) is 4.74 Å². The molecule has 2 heterocycles. The van der Waals surface area contributed by atoms with E-state index in [1.807, 2.05) is 44.3 Å². The van der Waals surface area contributed by atoms with E-state index < -0.39 is 0 Å². The second-order valence-electron chi connectivity index (χ2n) is 5.34. The van der Waals surface area contributed by atoms with E-state index in [0.717, 1.165) is 16.6 Å². The van der Waals surface area contributed by atoms with Crippen LogP contribution < -0.4 is 5.32 Å². The molecule has 0 bridgehead atoms. The van der Waals surface area contributed by atoms with Crippen LogP contribution in [0.3, 0.4) is 0 Å². The summed E-state index contributed by atoms with van der Waals surface area (Å²) in [5.41, 5.74) is 1.84. The van der Waals surface area contributed by atoms with E-state index in [1.54, 1.807) is 4.90 Å². The number of nitrogens with zero attached hydrogens (tertiary/aromatic N) is 1. The minimum atomic E-state index is -0.0725. The van der Waals surface area contributed by atoms with Crippen LogP contribution in [0.25, 0.3) is 10.9 Å². The molecule has 0 saturated carbocycles. The van der Waals surface area contributed by atoms with Crippen LogP contribution in [-0.2, 0) is 4.74 Å². The van der Waals surface area contributed by atoms with Gasteiger partial charge in [-0.2, -0.15) is 0 Å². The highest BCUT2D eigenvalue weighted by atomic mass is 16.5.